The van der Waals surface area contributed by atoms with E-state index in [-0.39, 0.29) is 0 Å². The SMILES string of the molecule is CCn1c(C)nc2ccc(-c3ccn4nc(N[C@H]5CC[C@@H](N6CCN(C)CC6)CC5)ncc34)nc21. The molecule has 1 aliphatic heterocycles. The van der Waals surface area contributed by atoms with Gasteiger partial charge in [0.2, 0.25) is 5.95 Å². The van der Waals surface area contributed by atoms with Crippen LogP contribution in [0.3, 0.4) is 0 Å². The summed E-state index contributed by atoms with van der Waals surface area (Å²) in [7, 11) is 2.22. The number of hydrogen-bond donors (Lipinski definition) is 1. The van der Waals surface area contributed by atoms with E-state index in [0.29, 0.717) is 12.0 Å². The van der Waals surface area contributed by atoms with Gasteiger partial charge >= 0.3 is 0 Å². The second kappa shape index (κ2) is 9.20. The lowest BCUT2D eigenvalue weighted by Crippen LogP contribution is -2.50. The quantitative estimate of drug-likeness (QED) is 0.476. The van der Waals surface area contributed by atoms with Crippen molar-refractivity contribution in [1.29, 1.82) is 0 Å². The molecule has 2 fully saturated rings. The summed E-state index contributed by atoms with van der Waals surface area (Å²) in [6.07, 6.45) is 8.75. The van der Waals surface area contributed by atoms with Crippen molar-refractivity contribution < 1.29 is 0 Å². The second-order valence-corrected chi connectivity index (χ2v) is 10.1. The number of hydrogen-bond acceptors (Lipinski definition) is 7. The second-order valence-electron chi connectivity index (χ2n) is 10.1. The molecule has 1 saturated heterocycles. The smallest absolute Gasteiger partial charge is 0.241 e. The first kappa shape index (κ1) is 22.4. The van der Waals surface area contributed by atoms with E-state index in [0.717, 1.165) is 46.3 Å². The summed E-state index contributed by atoms with van der Waals surface area (Å²) in [6.45, 7) is 9.79. The molecule has 0 aromatic carbocycles. The maximum absolute atomic E-state index is 4.93. The summed E-state index contributed by atoms with van der Waals surface area (Å²) in [4.78, 5) is 19.4. The normalized spacial score (nSPS) is 22.3. The van der Waals surface area contributed by atoms with Gasteiger partial charge in [-0.2, -0.15) is 0 Å². The first-order chi connectivity index (χ1) is 17.1. The van der Waals surface area contributed by atoms with Crippen LogP contribution in [-0.4, -0.2) is 84.2 Å². The molecule has 0 amide bonds. The van der Waals surface area contributed by atoms with Crippen LogP contribution in [0.1, 0.15) is 38.4 Å². The van der Waals surface area contributed by atoms with Crippen molar-refractivity contribution in [3.63, 3.8) is 0 Å². The Hall–Kier alpha value is -3.04. The standard InChI is InChI=1S/C26H35N9/c1-4-34-18(2)28-23-10-9-22(30-25(23)34)21-11-12-35-24(21)17-27-26(31-35)29-19-5-7-20(8-6-19)33-15-13-32(3)14-16-33/h9-12,17,19-20H,4-8,13-16H2,1-3H3,(H,29,31)/t19-,20+. The largest absolute Gasteiger partial charge is 0.350 e. The monoisotopic (exact) mass is 473 g/mol. The van der Waals surface area contributed by atoms with Crippen LogP contribution in [0.25, 0.3) is 27.9 Å². The summed E-state index contributed by atoms with van der Waals surface area (Å²) in [5, 5.41) is 8.36. The molecule has 5 heterocycles. The van der Waals surface area contributed by atoms with Crippen molar-refractivity contribution >= 4 is 22.6 Å². The molecule has 0 radical (unpaired) electrons. The fourth-order valence-corrected chi connectivity index (χ4v) is 5.78. The van der Waals surface area contributed by atoms with E-state index in [9.17, 15) is 0 Å². The highest BCUT2D eigenvalue weighted by Gasteiger charge is 2.28. The molecule has 0 unspecified atom stereocenters. The molecule has 4 aromatic rings. The third-order valence-corrected chi connectivity index (χ3v) is 7.88. The number of nitrogens with zero attached hydrogens (tertiary/aromatic N) is 8. The van der Waals surface area contributed by atoms with Gasteiger partial charge in [-0.15, -0.1) is 5.10 Å². The Labute approximate surface area is 206 Å². The number of nitrogens with one attached hydrogen (secondary N) is 1. The van der Waals surface area contributed by atoms with Crippen molar-refractivity contribution in [2.45, 2.75) is 58.2 Å². The molecule has 184 valence electrons. The van der Waals surface area contributed by atoms with E-state index >= 15 is 0 Å². The molecule has 2 aliphatic rings. The summed E-state index contributed by atoms with van der Waals surface area (Å²) in [5.41, 5.74) is 4.77. The van der Waals surface area contributed by atoms with E-state index in [1.54, 1.807) is 0 Å². The van der Waals surface area contributed by atoms with Crippen LogP contribution >= 0.6 is 0 Å². The van der Waals surface area contributed by atoms with Gasteiger partial charge in [0.05, 0.1) is 17.4 Å². The van der Waals surface area contributed by atoms with E-state index in [1.165, 1.54) is 51.9 Å². The highest BCUT2D eigenvalue weighted by Crippen LogP contribution is 2.28. The maximum atomic E-state index is 4.93. The number of pyridine rings is 1. The van der Waals surface area contributed by atoms with Gasteiger partial charge < -0.3 is 14.8 Å². The molecule has 1 saturated carbocycles. The Bertz CT molecular complexity index is 1320. The third-order valence-electron chi connectivity index (χ3n) is 7.88. The minimum Gasteiger partial charge on any atom is -0.350 e. The number of aryl methyl sites for hydroxylation is 2. The van der Waals surface area contributed by atoms with Gasteiger partial charge in [0, 0.05) is 56.6 Å². The van der Waals surface area contributed by atoms with E-state index < -0.39 is 0 Å². The summed E-state index contributed by atoms with van der Waals surface area (Å²) in [6, 6.07) is 7.33. The van der Waals surface area contributed by atoms with Gasteiger partial charge in [-0.25, -0.2) is 19.5 Å². The van der Waals surface area contributed by atoms with Gasteiger partial charge in [0.1, 0.15) is 11.3 Å². The highest BCUT2D eigenvalue weighted by atomic mass is 15.3. The Morgan fingerprint density at radius 2 is 1.80 bits per heavy atom. The zero-order chi connectivity index (χ0) is 23.9. The number of imidazole rings is 1. The van der Waals surface area contributed by atoms with Crippen LogP contribution in [0.15, 0.2) is 30.6 Å². The van der Waals surface area contributed by atoms with Crippen LogP contribution in [0.4, 0.5) is 5.95 Å². The molecule has 0 spiro atoms. The lowest BCUT2D eigenvalue weighted by Gasteiger charge is -2.41. The number of likely N-dealkylation sites (N-methyl/N-ethyl adjacent to an activating group) is 1. The molecule has 35 heavy (non-hydrogen) atoms. The first-order valence-electron chi connectivity index (χ1n) is 13.0. The zero-order valence-corrected chi connectivity index (χ0v) is 21.0. The zero-order valence-electron chi connectivity index (χ0n) is 21.0. The molecule has 6 rings (SSSR count). The average Bonchev–Trinajstić information content (AvgIpc) is 3.44. The topological polar surface area (TPSA) is 79.4 Å². The van der Waals surface area contributed by atoms with Gasteiger partial charge in [0.15, 0.2) is 5.65 Å². The minimum absolute atomic E-state index is 0.438. The number of rotatable bonds is 5. The van der Waals surface area contributed by atoms with Crippen molar-refractivity contribution in [3.05, 3.63) is 36.4 Å². The third kappa shape index (κ3) is 4.27. The Morgan fingerprint density at radius 1 is 1.00 bits per heavy atom. The maximum Gasteiger partial charge on any atom is 0.241 e. The Morgan fingerprint density at radius 3 is 2.57 bits per heavy atom. The summed E-state index contributed by atoms with van der Waals surface area (Å²) >= 11 is 0. The number of fused-ring (bicyclic) bond motifs is 2. The molecule has 0 bridgehead atoms. The first-order valence-corrected chi connectivity index (χ1v) is 13.0. The van der Waals surface area contributed by atoms with Gasteiger partial charge in [-0.3, -0.25) is 4.90 Å². The molecule has 0 atom stereocenters. The number of aromatic nitrogens is 6. The number of anilines is 1. The van der Waals surface area contributed by atoms with Crippen molar-refractivity contribution in [3.8, 4) is 11.3 Å². The average molecular weight is 474 g/mol. The van der Waals surface area contributed by atoms with Crippen molar-refractivity contribution in [2.75, 3.05) is 38.5 Å². The Kier molecular flexibility index (Phi) is 5.89. The highest BCUT2D eigenvalue weighted by molar-refractivity contribution is 5.82. The van der Waals surface area contributed by atoms with Gasteiger partial charge in [-0.05, 0) is 64.8 Å². The van der Waals surface area contributed by atoms with Crippen LogP contribution in [0.5, 0.6) is 0 Å². The fraction of sp³-hybridized carbons (Fsp3) is 0.538. The van der Waals surface area contributed by atoms with Crippen LogP contribution in [-0.2, 0) is 6.54 Å². The van der Waals surface area contributed by atoms with E-state index in [2.05, 4.69) is 55.8 Å². The molecule has 9 heteroatoms. The summed E-state index contributed by atoms with van der Waals surface area (Å²) in [5.74, 6) is 1.69. The van der Waals surface area contributed by atoms with Crippen LogP contribution < -0.4 is 5.32 Å². The van der Waals surface area contributed by atoms with Crippen LogP contribution in [0, 0.1) is 6.92 Å². The van der Waals surface area contributed by atoms with Crippen LogP contribution in [0.2, 0.25) is 0 Å². The lowest BCUT2D eigenvalue weighted by atomic mass is 9.90. The number of piperazine rings is 1. The predicted octanol–water partition coefficient (Wildman–Crippen LogP) is 3.44. The van der Waals surface area contributed by atoms with Crippen molar-refractivity contribution in [1.82, 2.24) is 38.9 Å². The summed E-state index contributed by atoms with van der Waals surface area (Å²) < 4.78 is 4.06. The van der Waals surface area contributed by atoms with E-state index in [4.69, 9.17) is 10.1 Å². The molecule has 1 N–H and O–H groups in total. The molecule has 4 aromatic heterocycles. The fourth-order valence-electron chi connectivity index (χ4n) is 5.78. The Balaban J connectivity index is 1.15. The van der Waals surface area contributed by atoms with Gasteiger partial charge in [0.25, 0.3) is 0 Å². The van der Waals surface area contributed by atoms with E-state index in [1.807, 2.05) is 29.9 Å². The van der Waals surface area contributed by atoms with Gasteiger partial charge in [-0.1, -0.05) is 0 Å². The predicted molar refractivity (Wildman–Crippen MR) is 139 cm³/mol. The lowest BCUT2D eigenvalue weighted by molar-refractivity contribution is 0.0893. The molecular weight excluding hydrogens is 438 g/mol. The molecule has 1 aliphatic carbocycles. The molecule has 9 nitrogen and oxygen atoms in total. The minimum atomic E-state index is 0.438. The molecular formula is C26H35N9. The van der Waals surface area contributed by atoms with Crippen molar-refractivity contribution in [2.24, 2.45) is 0 Å².